The smallest absolute Gasteiger partial charge is 0.118 e. The Balaban J connectivity index is 1.82. The van der Waals surface area contributed by atoms with Crippen molar-refractivity contribution in [2.75, 3.05) is 7.11 Å². The molecule has 0 amide bonds. The van der Waals surface area contributed by atoms with Crippen LogP contribution in [0.1, 0.15) is 18.1 Å². The highest BCUT2D eigenvalue weighted by Gasteiger charge is 2.03. The predicted molar refractivity (Wildman–Crippen MR) is 84.5 cm³/mol. The van der Waals surface area contributed by atoms with Gasteiger partial charge in [-0.25, -0.2) is 0 Å². The number of hydrogen-bond acceptors (Lipinski definition) is 2. The van der Waals surface area contributed by atoms with Crippen molar-refractivity contribution in [3.05, 3.63) is 64.7 Å². The van der Waals surface area contributed by atoms with Crippen molar-refractivity contribution in [3.63, 3.8) is 0 Å². The zero-order chi connectivity index (χ0) is 14.4. The van der Waals surface area contributed by atoms with Gasteiger partial charge in [0.1, 0.15) is 5.75 Å². The molecule has 1 atom stereocenters. The third-order valence-electron chi connectivity index (χ3n) is 3.27. The SMILES string of the molecule is COc1ccc(C[C@H](C)NCc2ccc(Cl)cc2)cc1. The van der Waals surface area contributed by atoms with Gasteiger partial charge in [0.25, 0.3) is 0 Å². The van der Waals surface area contributed by atoms with Crippen LogP contribution in [0.25, 0.3) is 0 Å². The molecule has 2 aromatic rings. The summed E-state index contributed by atoms with van der Waals surface area (Å²) >= 11 is 5.88. The lowest BCUT2D eigenvalue weighted by Crippen LogP contribution is -2.27. The van der Waals surface area contributed by atoms with Crippen molar-refractivity contribution in [2.24, 2.45) is 0 Å². The van der Waals surface area contributed by atoms with Crippen LogP contribution in [0.5, 0.6) is 5.75 Å². The molecular weight excluding hydrogens is 270 g/mol. The third-order valence-corrected chi connectivity index (χ3v) is 3.52. The number of methoxy groups -OCH3 is 1. The molecule has 0 aliphatic carbocycles. The molecule has 0 fully saturated rings. The molecule has 0 bridgehead atoms. The standard InChI is InChI=1S/C17H20ClNO/c1-13(11-14-5-9-17(20-2)10-6-14)19-12-15-3-7-16(18)8-4-15/h3-10,13,19H,11-12H2,1-2H3/t13-/m0/s1. The molecule has 0 aliphatic heterocycles. The molecule has 0 saturated heterocycles. The van der Waals surface area contributed by atoms with Gasteiger partial charge in [-0.05, 0) is 48.7 Å². The molecule has 0 saturated carbocycles. The van der Waals surface area contributed by atoms with E-state index in [-0.39, 0.29) is 0 Å². The van der Waals surface area contributed by atoms with Crippen LogP contribution < -0.4 is 10.1 Å². The molecule has 0 aliphatic rings. The summed E-state index contributed by atoms with van der Waals surface area (Å²) in [5.74, 6) is 0.899. The van der Waals surface area contributed by atoms with Gasteiger partial charge in [0.05, 0.1) is 7.11 Å². The summed E-state index contributed by atoms with van der Waals surface area (Å²) in [6, 6.07) is 16.6. The molecule has 3 heteroatoms. The van der Waals surface area contributed by atoms with Gasteiger partial charge in [-0.15, -0.1) is 0 Å². The predicted octanol–water partition coefficient (Wildman–Crippen LogP) is 4.07. The van der Waals surface area contributed by atoms with Crippen molar-refractivity contribution >= 4 is 11.6 Å². The van der Waals surface area contributed by atoms with Crippen LogP contribution >= 0.6 is 11.6 Å². The first-order valence-electron chi connectivity index (χ1n) is 6.78. The van der Waals surface area contributed by atoms with Gasteiger partial charge in [-0.2, -0.15) is 0 Å². The first kappa shape index (κ1) is 14.9. The van der Waals surface area contributed by atoms with Crippen molar-refractivity contribution in [2.45, 2.75) is 25.9 Å². The van der Waals surface area contributed by atoms with Gasteiger partial charge >= 0.3 is 0 Å². The molecule has 0 spiro atoms. The summed E-state index contributed by atoms with van der Waals surface area (Å²) < 4.78 is 5.16. The van der Waals surface area contributed by atoms with E-state index in [1.165, 1.54) is 11.1 Å². The Bertz CT molecular complexity index is 522. The van der Waals surface area contributed by atoms with Gasteiger partial charge in [0.15, 0.2) is 0 Å². The molecule has 1 N–H and O–H groups in total. The number of benzene rings is 2. The highest BCUT2D eigenvalue weighted by atomic mass is 35.5. The van der Waals surface area contributed by atoms with Crippen LogP contribution in [-0.4, -0.2) is 13.2 Å². The normalized spacial score (nSPS) is 12.2. The fourth-order valence-electron chi connectivity index (χ4n) is 2.08. The summed E-state index contributed by atoms with van der Waals surface area (Å²) in [5.41, 5.74) is 2.55. The largest absolute Gasteiger partial charge is 0.497 e. The summed E-state index contributed by atoms with van der Waals surface area (Å²) in [5, 5.41) is 4.30. The molecule has 0 radical (unpaired) electrons. The summed E-state index contributed by atoms with van der Waals surface area (Å²) in [4.78, 5) is 0. The molecule has 2 aromatic carbocycles. The maximum absolute atomic E-state index is 5.88. The Labute approximate surface area is 125 Å². The molecule has 2 rings (SSSR count). The highest BCUT2D eigenvalue weighted by Crippen LogP contribution is 2.13. The maximum Gasteiger partial charge on any atom is 0.118 e. The van der Waals surface area contributed by atoms with E-state index in [1.807, 2.05) is 24.3 Å². The second kappa shape index (κ2) is 7.32. The average molecular weight is 290 g/mol. The lowest BCUT2D eigenvalue weighted by Gasteiger charge is -2.14. The van der Waals surface area contributed by atoms with Crippen molar-refractivity contribution < 1.29 is 4.74 Å². The topological polar surface area (TPSA) is 21.3 Å². The minimum Gasteiger partial charge on any atom is -0.497 e. The van der Waals surface area contributed by atoms with E-state index in [0.717, 1.165) is 23.7 Å². The molecule has 0 aromatic heterocycles. The minimum atomic E-state index is 0.416. The van der Waals surface area contributed by atoms with Gasteiger partial charge in [-0.3, -0.25) is 0 Å². The second-order valence-electron chi connectivity index (χ2n) is 4.96. The van der Waals surface area contributed by atoms with Crippen LogP contribution in [0.3, 0.4) is 0 Å². The van der Waals surface area contributed by atoms with Gasteiger partial charge in [0.2, 0.25) is 0 Å². The zero-order valence-corrected chi connectivity index (χ0v) is 12.7. The van der Waals surface area contributed by atoms with E-state index in [0.29, 0.717) is 6.04 Å². The van der Waals surface area contributed by atoms with Crippen molar-refractivity contribution in [1.29, 1.82) is 0 Å². The number of nitrogens with one attached hydrogen (secondary N) is 1. The minimum absolute atomic E-state index is 0.416. The Morgan fingerprint density at radius 3 is 2.20 bits per heavy atom. The van der Waals surface area contributed by atoms with E-state index in [4.69, 9.17) is 16.3 Å². The Morgan fingerprint density at radius 1 is 1.00 bits per heavy atom. The highest BCUT2D eigenvalue weighted by molar-refractivity contribution is 6.30. The van der Waals surface area contributed by atoms with Crippen molar-refractivity contribution in [1.82, 2.24) is 5.32 Å². The van der Waals surface area contributed by atoms with Crippen LogP contribution in [0.2, 0.25) is 5.02 Å². The summed E-state index contributed by atoms with van der Waals surface area (Å²) in [6.07, 6.45) is 0.998. The van der Waals surface area contributed by atoms with E-state index in [9.17, 15) is 0 Å². The average Bonchev–Trinajstić information content (AvgIpc) is 2.47. The van der Waals surface area contributed by atoms with Crippen LogP contribution in [0.4, 0.5) is 0 Å². The number of halogens is 1. The van der Waals surface area contributed by atoms with Gasteiger partial charge in [0, 0.05) is 17.6 Å². The Morgan fingerprint density at radius 2 is 1.60 bits per heavy atom. The van der Waals surface area contributed by atoms with E-state index in [1.54, 1.807) is 7.11 Å². The van der Waals surface area contributed by atoms with Crippen molar-refractivity contribution in [3.8, 4) is 5.75 Å². The van der Waals surface area contributed by atoms with Crippen LogP contribution in [0.15, 0.2) is 48.5 Å². The van der Waals surface area contributed by atoms with Gasteiger partial charge < -0.3 is 10.1 Å². The lowest BCUT2D eigenvalue weighted by atomic mass is 10.1. The van der Waals surface area contributed by atoms with E-state index < -0.39 is 0 Å². The van der Waals surface area contributed by atoms with E-state index in [2.05, 4.69) is 36.5 Å². The van der Waals surface area contributed by atoms with Crippen LogP contribution in [-0.2, 0) is 13.0 Å². The zero-order valence-electron chi connectivity index (χ0n) is 11.9. The number of rotatable bonds is 6. The van der Waals surface area contributed by atoms with Crippen LogP contribution in [0, 0.1) is 0 Å². The quantitative estimate of drug-likeness (QED) is 0.865. The van der Waals surface area contributed by atoms with E-state index >= 15 is 0 Å². The first-order chi connectivity index (χ1) is 9.67. The number of ether oxygens (including phenoxy) is 1. The fourth-order valence-corrected chi connectivity index (χ4v) is 2.21. The Hall–Kier alpha value is -1.51. The molecule has 2 nitrogen and oxygen atoms in total. The summed E-state index contributed by atoms with van der Waals surface area (Å²) in [7, 11) is 1.69. The molecule has 20 heavy (non-hydrogen) atoms. The maximum atomic E-state index is 5.88. The molecule has 106 valence electrons. The molecular formula is C17H20ClNO. The van der Waals surface area contributed by atoms with Gasteiger partial charge in [-0.1, -0.05) is 35.9 Å². The number of hydrogen-bond donors (Lipinski definition) is 1. The second-order valence-corrected chi connectivity index (χ2v) is 5.40. The monoisotopic (exact) mass is 289 g/mol. The molecule has 0 heterocycles. The third kappa shape index (κ3) is 4.55. The molecule has 0 unspecified atom stereocenters. The first-order valence-corrected chi connectivity index (χ1v) is 7.16. The Kier molecular flexibility index (Phi) is 5.45. The summed E-state index contributed by atoms with van der Waals surface area (Å²) in [6.45, 7) is 3.05. The lowest BCUT2D eigenvalue weighted by molar-refractivity contribution is 0.414. The fraction of sp³-hybridized carbons (Fsp3) is 0.294.